The van der Waals surface area contributed by atoms with Crippen LogP contribution in [-0.2, 0) is 9.53 Å². The molecule has 0 heterocycles. The molecule has 0 aliphatic heterocycles. The molecule has 0 amide bonds. The Kier molecular flexibility index (Phi) is 5.55. The second-order valence-corrected chi connectivity index (χ2v) is 4.89. The summed E-state index contributed by atoms with van der Waals surface area (Å²) < 4.78 is 17.9. The lowest BCUT2D eigenvalue weighted by Gasteiger charge is -2.12. The van der Waals surface area contributed by atoms with E-state index in [1.165, 1.54) is 18.2 Å². The molecular formula is C17H15ClFNO2. The molecule has 2 aromatic carbocycles. The third kappa shape index (κ3) is 4.60. The fraction of sp³-hybridized carbons (Fsp3) is 0.118. The van der Waals surface area contributed by atoms with E-state index in [9.17, 15) is 9.18 Å². The van der Waals surface area contributed by atoms with E-state index in [1.54, 1.807) is 37.3 Å². The van der Waals surface area contributed by atoms with Crippen molar-refractivity contribution >= 4 is 29.0 Å². The van der Waals surface area contributed by atoms with Crippen LogP contribution in [0.2, 0.25) is 5.02 Å². The number of hydrogen-bond donors (Lipinski definition) is 1. The molecular weight excluding hydrogens is 305 g/mol. The number of nitrogens with one attached hydrogen (secondary N) is 1. The van der Waals surface area contributed by atoms with Gasteiger partial charge in [0.15, 0.2) is 0 Å². The zero-order valence-corrected chi connectivity index (χ0v) is 12.7. The van der Waals surface area contributed by atoms with Crippen molar-refractivity contribution in [3.63, 3.8) is 0 Å². The minimum Gasteiger partial charge on any atom is -0.463 e. The summed E-state index contributed by atoms with van der Waals surface area (Å²) in [6.45, 7) is 2.02. The molecule has 2 aromatic rings. The van der Waals surface area contributed by atoms with Crippen molar-refractivity contribution in [3.05, 3.63) is 71.0 Å². The Morgan fingerprint density at radius 1 is 1.27 bits per heavy atom. The first-order valence-corrected chi connectivity index (χ1v) is 7.13. The van der Waals surface area contributed by atoms with E-state index in [0.29, 0.717) is 16.4 Å². The van der Waals surface area contributed by atoms with E-state index in [4.69, 9.17) is 16.3 Å². The van der Waals surface area contributed by atoms with Gasteiger partial charge in [0.05, 0.1) is 12.3 Å². The summed E-state index contributed by atoms with van der Waals surface area (Å²) in [5, 5.41) is 3.62. The van der Waals surface area contributed by atoms with Crippen LogP contribution in [0.3, 0.4) is 0 Å². The molecule has 0 saturated carbocycles. The summed E-state index contributed by atoms with van der Waals surface area (Å²) in [7, 11) is 0. The fourth-order valence-electron chi connectivity index (χ4n) is 1.84. The summed E-state index contributed by atoms with van der Waals surface area (Å²) in [5.74, 6) is -0.795. The van der Waals surface area contributed by atoms with Crippen molar-refractivity contribution < 1.29 is 13.9 Å². The summed E-state index contributed by atoms with van der Waals surface area (Å²) in [6, 6.07) is 12.9. The summed E-state index contributed by atoms with van der Waals surface area (Å²) >= 11 is 5.99. The van der Waals surface area contributed by atoms with Crippen LogP contribution in [0.5, 0.6) is 0 Å². The number of carbonyl (C=O) groups is 1. The van der Waals surface area contributed by atoms with Gasteiger partial charge in [-0.15, -0.1) is 0 Å². The Hall–Kier alpha value is -2.33. The Morgan fingerprint density at radius 2 is 2.00 bits per heavy atom. The molecule has 0 radical (unpaired) electrons. The highest BCUT2D eigenvalue weighted by atomic mass is 35.5. The minimum atomic E-state index is -0.466. The third-order valence-electron chi connectivity index (χ3n) is 2.81. The van der Waals surface area contributed by atoms with Crippen molar-refractivity contribution in [3.8, 4) is 0 Å². The number of anilines is 1. The van der Waals surface area contributed by atoms with Gasteiger partial charge in [-0.3, -0.25) is 0 Å². The molecule has 22 heavy (non-hydrogen) atoms. The summed E-state index contributed by atoms with van der Waals surface area (Å²) in [6.07, 6.45) is 1.35. The maximum absolute atomic E-state index is 13.0. The topological polar surface area (TPSA) is 38.3 Å². The molecule has 0 fully saturated rings. The summed E-state index contributed by atoms with van der Waals surface area (Å²) in [4.78, 5) is 11.7. The van der Waals surface area contributed by atoms with Crippen LogP contribution in [0.25, 0.3) is 5.70 Å². The molecule has 2 rings (SSSR count). The van der Waals surface area contributed by atoms with Crippen LogP contribution in [0.15, 0.2) is 54.6 Å². The molecule has 0 spiro atoms. The Morgan fingerprint density at radius 3 is 2.64 bits per heavy atom. The molecule has 0 aliphatic rings. The number of ether oxygens (including phenoxy) is 1. The van der Waals surface area contributed by atoms with Gasteiger partial charge in [-0.2, -0.15) is 0 Å². The second-order valence-electron chi connectivity index (χ2n) is 4.45. The van der Waals surface area contributed by atoms with Gasteiger partial charge in [-0.1, -0.05) is 23.7 Å². The summed E-state index contributed by atoms with van der Waals surface area (Å²) in [5.41, 5.74) is 1.90. The van der Waals surface area contributed by atoms with Gasteiger partial charge in [0.1, 0.15) is 5.82 Å². The molecule has 0 aromatic heterocycles. The van der Waals surface area contributed by atoms with Crippen molar-refractivity contribution in [2.24, 2.45) is 0 Å². The molecule has 5 heteroatoms. The molecule has 1 N–H and O–H groups in total. The van der Waals surface area contributed by atoms with E-state index < -0.39 is 5.97 Å². The van der Waals surface area contributed by atoms with Gasteiger partial charge in [-0.25, -0.2) is 9.18 Å². The maximum Gasteiger partial charge on any atom is 0.332 e. The lowest BCUT2D eigenvalue weighted by Crippen LogP contribution is -2.06. The average Bonchev–Trinajstić information content (AvgIpc) is 2.49. The van der Waals surface area contributed by atoms with Gasteiger partial charge >= 0.3 is 5.97 Å². The smallest absolute Gasteiger partial charge is 0.332 e. The van der Waals surface area contributed by atoms with Crippen LogP contribution in [-0.4, -0.2) is 12.6 Å². The van der Waals surface area contributed by atoms with E-state index in [-0.39, 0.29) is 12.4 Å². The van der Waals surface area contributed by atoms with Gasteiger partial charge in [-0.05, 0) is 48.9 Å². The van der Waals surface area contributed by atoms with Gasteiger partial charge < -0.3 is 10.1 Å². The Balaban J connectivity index is 2.32. The van der Waals surface area contributed by atoms with Crippen LogP contribution in [0, 0.1) is 5.82 Å². The second kappa shape index (κ2) is 7.61. The zero-order chi connectivity index (χ0) is 15.9. The molecule has 3 nitrogen and oxygen atoms in total. The monoisotopic (exact) mass is 319 g/mol. The predicted molar refractivity (Wildman–Crippen MR) is 86.1 cm³/mol. The molecule has 114 valence electrons. The lowest BCUT2D eigenvalue weighted by molar-refractivity contribution is -0.137. The van der Waals surface area contributed by atoms with Crippen molar-refractivity contribution in [1.29, 1.82) is 0 Å². The van der Waals surface area contributed by atoms with Gasteiger partial charge in [0.25, 0.3) is 0 Å². The Bertz CT molecular complexity index is 683. The molecule has 0 saturated heterocycles. The fourth-order valence-corrected chi connectivity index (χ4v) is 2.03. The first-order chi connectivity index (χ1) is 10.6. The largest absolute Gasteiger partial charge is 0.463 e. The maximum atomic E-state index is 13.0. The number of halogens is 2. The van der Waals surface area contributed by atoms with E-state index in [0.717, 1.165) is 5.56 Å². The van der Waals surface area contributed by atoms with Crippen molar-refractivity contribution in [2.45, 2.75) is 6.92 Å². The highest BCUT2D eigenvalue weighted by molar-refractivity contribution is 6.30. The van der Waals surface area contributed by atoms with Crippen molar-refractivity contribution in [2.75, 3.05) is 11.9 Å². The first-order valence-electron chi connectivity index (χ1n) is 6.75. The molecule has 0 aliphatic carbocycles. The number of hydrogen-bond acceptors (Lipinski definition) is 3. The van der Waals surface area contributed by atoms with Crippen LogP contribution in [0.4, 0.5) is 10.1 Å². The Labute approximate surface area is 133 Å². The number of esters is 1. The predicted octanol–water partition coefficient (Wildman–Crippen LogP) is 4.50. The molecule has 0 bridgehead atoms. The van der Waals surface area contributed by atoms with E-state index in [1.807, 2.05) is 6.07 Å². The highest BCUT2D eigenvalue weighted by Gasteiger charge is 2.07. The van der Waals surface area contributed by atoms with E-state index in [2.05, 4.69) is 5.32 Å². The van der Waals surface area contributed by atoms with Gasteiger partial charge in [0.2, 0.25) is 0 Å². The normalized spacial score (nSPS) is 11.1. The van der Waals surface area contributed by atoms with Crippen LogP contribution >= 0.6 is 11.6 Å². The lowest BCUT2D eigenvalue weighted by atomic mass is 10.1. The standard InChI is InChI=1S/C17H15ClFNO2/c1-2-22-17(21)11-16(12-4-3-5-13(18)10-12)20-15-8-6-14(19)7-9-15/h3-11,20H,2H2,1H3/b16-11-. The number of carbonyl (C=O) groups excluding carboxylic acids is 1. The van der Waals surface area contributed by atoms with Gasteiger partial charge in [0, 0.05) is 16.8 Å². The average molecular weight is 320 g/mol. The van der Waals surface area contributed by atoms with E-state index >= 15 is 0 Å². The first kappa shape index (κ1) is 16.0. The van der Waals surface area contributed by atoms with Crippen LogP contribution < -0.4 is 5.32 Å². The van der Waals surface area contributed by atoms with Crippen LogP contribution in [0.1, 0.15) is 12.5 Å². The highest BCUT2D eigenvalue weighted by Crippen LogP contribution is 2.22. The minimum absolute atomic E-state index is 0.286. The number of benzene rings is 2. The molecule has 0 unspecified atom stereocenters. The zero-order valence-electron chi connectivity index (χ0n) is 12.0. The number of rotatable bonds is 5. The quantitative estimate of drug-likeness (QED) is 0.651. The SMILES string of the molecule is CCOC(=O)/C=C(\Nc1ccc(F)cc1)c1cccc(Cl)c1. The molecule has 0 atom stereocenters. The third-order valence-corrected chi connectivity index (χ3v) is 3.04. The van der Waals surface area contributed by atoms with Crippen molar-refractivity contribution in [1.82, 2.24) is 0 Å².